The van der Waals surface area contributed by atoms with Crippen molar-refractivity contribution in [2.24, 2.45) is 11.8 Å². The molecule has 32 heavy (non-hydrogen) atoms. The molecule has 0 fully saturated rings. The van der Waals surface area contributed by atoms with Gasteiger partial charge in [0.1, 0.15) is 0 Å². The average molecular weight is 449 g/mol. The Balaban J connectivity index is 3.23. The molecule has 0 aromatic carbocycles. The van der Waals surface area contributed by atoms with Gasteiger partial charge in [0.15, 0.2) is 0 Å². The molecule has 0 aromatic rings. The lowest BCUT2D eigenvalue weighted by Crippen LogP contribution is -1.96. The Morgan fingerprint density at radius 3 is 1.50 bits per heavy atom. The van der Waals surface area contributed by atoms with Crippen LogP contribution < -0.4 is 0 Å². The molecule has 0 heterocycles. The second kappa shape index (κ2) is 24.6. The first-order valence-corrected chi connectivity index (χ1v) is 14.0. The van der Waals surface area contributed by atoms with Crippen LogP contribution in [0.15, 0.2) is 24.3 Å². The number of carbonyl (C=O) groups is 1. The van der Waals surface area contributed by atoms with Crippen LogP contribution in [-0.4, -0.2) is 11.1 Å². The van der Waals surface area contributed by atoms with Crippen LogP contribution in [0.5, 0.6) is 0 Å². The third-order valence-electron chi connectivity index (χ3n) is 6.39. The van der Waals surface area contributed by atoms with E-state index in [1.807, 2.05) is 0 Å². The van der Waals surface area contributed by atoms with Crippen molar-refractivity contribution in [3.8, 4) is 0 Å². The summed E-state index contributed by atoms with van der Waals surface area (Å²) in [5.41, 5.74) is 0. The number of rotatable bonds is 24. The van der Waals surface area contributed by atoms with E-state index in [1.165, 1.54) is 96.3 Å². The molecule has 1 N–H and O–H groups in total. The van der Waals surface area contributed by atoms with Gasteiger partial charge in [-0.05, 0) is 50.4 Å². The molecule has 0 radical (unpaired) electrons. The lowest BCUT2D eigenvalue weighted by molar-refractivity contribution is -0.137. The largest absolute Gasteiger partial charge is 0.481 e. The van der Waals surface area contributed by atoms with Gasteiger partial charge in [-0.25, -0.2) is 0 Å². The van der Waals surface area contributed by atoms with Crippen molar-refractivity contribution in [2.75, 3.05) is 0 Å². The Hall–Kier alpha value is -1.05. The smallest absolute Gasteiger partial charge is 0.303 e. The molecule has 188 valence electrons. The van der Waals surface area contributed by atoms with Gasteiger partial charge >= 0.3 is 5.97 Å². The molecule has 2 heteroatoms. The highest BCUT2D eigenvalue weighted by Gasteiger charge is 2.03. The van der Waals surface area contributed by atoms with E-state index in [0.717, 1.165) is 37.5 Å². The lowest BCUT2D eigenvalue weighted by atomic mass is 9.95. The minimum atomic E-state index is -0.695. The Kier molecular flexibility index (Phi) is 23.8. The molecular formula is C30H56O2. The fourth-order valence-corrected chi connectivity index (χ4v) is 4.22. The number of allylic oxidation sites excluding steroid dienone is 4. The van der Waals surface area contributed by atoms with Gasteiger partial charge in [-0.15, -0.1) is 0 Å². The van der Waals surface area contributed by atoms with Crippen molar-refractivity contribution < 1.29 is 9.90 Å². The molecule has 0 aliphatic heterocycles. The van der Waals surface area contributed by atoms with Crippen LogP contribution in [0.4, 0.5) is 0 Å². The molecule has 2 nitrogen and oxygen atoms in total. The van der Waals surface area contributed by atoms with E-state index in [1.54, 1.807) is 0 Å². The number of carboxylic acids is 1. The summed E-state index contributed by atoms with van der Waals surface area (Å²) < 4.78 is 0. The van der Waals surface area contributed by atoms with Gasteiger partial charge in [0, 0.05) is 6.42 Å². The van der Waals surface area contributed by atoms with E-state index in [9.17, 15) is 4.79 Å². The number of unbranched alkanes of at least 4 members (excludes halogenated alkanes) is 12. The molecule has 0 aliphatic carbocycles. The monoisotopic (exact) mass is 448 g/mol. The highest BCUT2D eigenvalue weighted by atomic mass is 16.4. The molecule has 0 amide bonds. The third kappa shape index (κ3) is 27.0. The molecule has 0 bridgehead atoms. The third-order valence-corrected chi connectivity index (χ3v) is 6.39. The molecule has 0 spiro atoms. The Bertz CT molecular complexity index is 450. The molecule has 0 saturated heterocycles. The SMILES string of the molecule is CC(C)CCCCC(C)CCCCCCCCCCCC=CCCC=CCCCC(=O)O. The maximum Gasteiger partial charge on any atom is 0.303 e. The highest BCUT2D eigenvalue weighted by molar-refractivity contribution is 5.66. The Morgan fingerprint density at radius 1 is 0.562 bits per heavy atom. The minimum Gasteiger partial charge on any atom is -0.481 e. The van der Waals surface area contributed by atoms with Gasteiger partial charge in [-0.3, -0.25) is 4.79 Å². The van der Waals surface area contributed by atoms with Crippen LogP contribution in [0.1, 0.15) is 149 Å². The summed E-state index contributed by atoms with van der Waals surface area (Å²) in [5.74, 6) is 1.11. The summed E-state index contributed by atoms with van der Waals surface area (Å²) in [7, 11) is 0. The van der Waals surface area contributed by atoms with Gasteiger partial charge < -0.3 is 5.11 Å². The van der Waals surface area contributed by atoms with Crippen LogP contribution in [0.2, 0.25) is 0 Å². The van der Waals surface area contributed by atoms with Gasteiger partial charge in [0.25, 0.3) is 0 Å². The predicted octanol–water partition coefficient (Wildman–Crippen LogP) is 10.3. The van der Waals surface area contributed by atoms with Crippen LogP contribution in [0, 0.1) is 11.8 Å². The first-order valence-electron chi connectivity index (χ1n) is 14.0. The molecule has 0 aliphatic rings. The molecule has 0 rings (SSSR count). The second-order valence-electron chi connectivity index (χ2n) is 10.3. The standard InChI is InChI=1S/C30H56O2/c1-28(2)24-22-23-26-29(3)25-20-18-16-14-12-10-8-6-4-5-7-9-11-13-15-17-19-21-27-30(31)32/h7,9,15,17,28-29H,4-6,8,10-14,16,18-27H2,1-3H3,(H,31,32). The Morgan fingerprint density at radius 2 is 0.969 bits per heavy atom. The normalized spacial score (nSPS) is 13.0. The van der Waals surface area contributed by atoms with Crippen molar-refractivity contribution in [1.82, 2.24) is 0 Å². The molecule has 1 unspecified atom stereocenters. The van der Waals surface area contributed by atoms with E-state index >= 15 is 0 Å². The quantitative estimate of drug-likeness (QED) is 0.118. The molecule has 1 atom stereocenters. The average Bonchev–Trinajstić information content (AvgIpc) is 2.75. The van der Waals surface area contributed by atoms with Gasteiger partial charge in [-0.1, -0.05) is 129 Å². The van der Waals surface area contributed by atoms with E-state index in [2.05, 4.69) is 45.1 Å². The summed E-state index contributed by atoms with van der Waals surface area (Å²) in [6.07, 6.45) is 34.1. The zero-order valence-electron chi connectivity index (χ0n) is 22.0. The van der Waals surface area contributed by atoms with E-state index in [0.29, 0.717) is 0 Å². The number of hydrogen-bond acceptors (Lipinski definition) is 1. The van der Waals surface area contributed by atoms with Crippen molar-refractivity contribution in [3.05, 3.63) is 24.3 Å². The zero-order valence-corrected chi connectivity index (χ0v) is 22.0. The lowest BCUT2D eigenvalue weighted by Gasteiger charge is -2.11. The van der Waals surface area contributed by atoms with Crippen molar-refractivity contribution >= 4 is 5.97 Å². The van der Waals surface area contributed by atoms with Crippen LogP contribution in [-0.2, 0) is 4.79 Å². The first kappa shape index (κ1) is 30.9. The fourth-order valence-electron chi connectivity index (χ4n) is 4.22. The number of carboxylic acid groups (broad SMARTS) is 1. The van der Waals surface area contributed by atoms with Gasteiger partial charge in [0.05, 0.1) is 0 Å². The van der Waals surface area contributed by atoms with Gasteiger partial charge in [0.2, 0.25) is 0 Å². The van der Waals surface area contributed by atoms with Crippen LogP contribution in [0.25, 0.3) is 0 Å². The highest BCUT2D eigenvalue weighted by Crippen LogP contribution is 2.19. The van der Waals surface area contributed by atoms with Crippen LogP contribution in [0.3, 0.4) is 0 Å². The van der Waals surface area contributed by atoms with E-state index in [4.69, 9.17) is 5.11 Å². The predicted molar refractivity (Wildman–Crippen MR) is 142 cm³/mol. The molecule has 0 aromatic heterocycles. The molecule has 0 saturated carbocycles. The van der Waals surface area contributed by atoms with Crippen molar-refractivity contribution in [3.63, 3.8) is 0 Å². The summed E-state index contributed by atoms with van der Waals surface area (Å²) >= 11 is 0. The maximum absolute atomic E-state index is 10.4. The molecular weight excluding hydrogens is 392 g/mol. The number of hydrogen-bond donors (Lipinski definition) is 1. The summed E-state index contributed by atoms with van der Waals surface area (Å²) in [6, 6.07) is 0. The first-order chi connectivity index (χ1) is 15.5. The van der Waals surface area contributed by atoms with Crippen molar-refractivity contribution in [2.45, 2.75) is 149 Å². The van der Waals surface area contributed by atoms with E-state index in [-0.39, 0.29) is 6.42 Å². The zero-order chi connectivity index (χ0) is 23.7. The summed E-state index contributed by atoms with van der Waals surface area (Å²) in [6.45, 7) is 7.12. The van der Waals surface area contributed by atoms with Gasteiger partial charge in [-0.2, -0.15) is 0 Å². The van der Waals surface area contributed by atoms with Crippen molar-refractivity contribution in [1.29, 1.82) is 0 Å². The fraction of sp³-hybridized carbons (Fsp3) is 0.833. The van der Waals surface area contributed by atoms with E-state index < -0.39 is 5.97 Å². The Labute approximate surface area is 201 Å². The maximum atomic E-state index is 10.4. The summed E-state index contributed by atoms with van der Waals surface area (Å²) in [5, 5.41) is 8.58. The minimum absolute atomic E-state index is 0.280. The summed E-state index contributed by atoms with van der Waals surface area (Å²) in [4.78, 5) is 10.4. The topological polar surface area (TPSA) is 37.3 Å². The number of aliphatic carboxylic acids is 1. The van der Waals surface area contributed by atoms with Crippen LogP contribution >= 0.6 is 0 Å². The second-order valence-corrected chi connectivity index (χ2v) is 10.3.